The molecule has 0 heterocycles. The Labute approximate surface area is 111 Å². The van der Waals surface area contributed by atoms with Crippen LogP contribution in [0.4, 0.5) is 11.4 Å². The fraction of sp³-hybridized carbons (Fsp3) is 0.400. The van der Waals surface area contributed by atoms with Crippen LogP contribution in [0.25, 0.3) is 0 Å². The molecule has 0 saturated carbocycles. The Morgan fingerprint density at radius 2 is 1.95 bits per heavy atom. The first-order chi connectivity index (χ1) is 8.88. The molecule has 0 aliphatic heterocycles. The largest absolute Gasteiger partial charge is 0.318 e. The molecular formula is C10H16N4O4S. The van der Waals surface area contributed by atoms with Crippen LogP contribution >= 0.6 is 0 Å². The van der Waals surface area contributed by atoms with Gasteiger partial charge in [0.15, 0.2) is 0 Å². The minimum atomic E-state index is -3.66. The third-order valence-electron chi connectivity index (χ3n) is 2.66. The van der Waals surface area contributed by atoms with E-state index in [9.17, 15) is 18.5 Å². The summed E-state index contributed by atoms with van der Waals surface area (Å²) in [7, 11) is -3.66. The smallest absolute Gasteiger partial charge is 0.293 e. The van der Waals surface area contributed by atoms with Gasteiger partial charge in [0.25, 0.3) is 5.69 Å². The number of nitro benzene ring substituents is 1. The van der Waals surface area contributed by atoms with Crippen LogP contribution in [-0.4, -0.2) is 30.7 Å². The summed E-state index contributed by atoms with van der Waals surface area (Å²) in [5.41, 5.74) is 1.82. The summed E-state index contributed by atoms with van der Waals surface area (Å²) in [6, 6.07) is 3.48. The molecule has 8 nitrogen and oxygen atoms in total. The van der Waals surface area contributed by atoms with Gasteiger partial charge in [-0.2, -0.15) is 4.31 Å². The molecule has 0 unspecified atom stereocenters. The zero-order valence-electron chi connectivity index (χ0n) is 10.7. The predicted octanol–water partition coefficient (Wildman–Crippen LogP) is 0.911. The molecule has 1 rings (SSSR count). The van der Waals surface area contributed by atoms with Gasteiger partial charge in [-0.25, -0.2) is 8.42 Å². The first-order valence-electron chi connectivity index (χ1n) is 5.63. The maximum absolute atomic E-state index is 12.2. The Kier molecular flexibility index (Phi) is 4.81. The Morgan fingerprint density at radius 1 is 1.37 bits per heavy atom. The number of rotatable bonds is 6. The SMILES string of the molecule is CCN(CC)S(=O)(=O)c1ccc([N+](=O)[O-])c(NN)c1. The van der Waals surface area contributed by atoms with E-state index in [1.807, 2.05) is 0 Å². The Balaban J connectivity index is 3.34. The molecule has 0 amide bonds. The van der Waals surface area contributed by atoms with Crippen molar-refractivity contribution in [1.29, 1.82) is 0 Å². The normalized spacial score (nSPS) is 11.6. The summed E-state index contributed by atoms with van der Waals surface area (Å²) in [4.78, 5) is 10.1. The van der Waals surface area contributed by atoms with Gasteiger partial charge in [0.1, 0.15) is 5.69 Å². The number of nitrogens with zero attached hydrogens (tertiary/aromatic N) is 2. The van der Waals surface area contributed by atoms with Gasteiger partial charge in [-0.05, 0) is 12.1 Å². The number of hydrogen-bond acceptors (Lipinski definition) is 6. The van der Waals surface area contributed by atoms with Crippen LogP contribution in [0.15, 0.2) is 23.1 Å². The van der Waals surface area contributed by atoms with Gasteiger partial charge in [-0.3, -0.25) is 16.0 Å². The van der Waals surface area contributed by atoms with Crippen molar-refractivity contribution in [2.75, 3.05) is 18.5 Å². The minimum absolute atomic E-state index is 0.0326. The van der Waals surface area contributed by atoms with E-state index in [-0.39, 0.29) is 16.3 Å². The lowest BCUT2D eigenvalue weighted by Crippen LogP contribution is -2.30. The van der Waals surface area contributed by atoms with E-state index in [4.69, 9.17) is 5.84 Å². The third-order valence-corrected chi connectivity index (χ3v) is 4.71. The Hall–Kier alpha value is -1.71. The number of sulfonamides is 1. The van der Waals surface area contributed by atoms with E-state index in [0.29, 0.717) is 13.1 Å². The number of hydrazine groups is 1. The fourth-order valence-electron chi connectivity index (χ4n) is 1.66. The van der Waals surface area contributed by atoms with Crippen molar-refractivity contribution < 1.29 is 13.3 Å². The highest BCUT2D eigenvalue weighted by atomic mass is 32.2. The lowest BCUT2D eigenvalue weighted by molar-refractivity contribution is -0.384. The van der Waals surface area contributed by atoms with Gasteiger partial charge >= 0.3 is 0 Å². The molecule has 0 saturated heterocycles. The monoisotopic (exact) mass is 288 g/mol. The van der Waals surface area contributed by atoms with Gasteiger partial charge in [0.05, 0.1) is 9.82 Å². The standard InChI is InChI=1S/C10H16N4O4S/c1-3-13(4-2)19(17,18)8-5-6-10(14(15)16)9(7-8)12-11/h5-7,12H,3-4,11H2,1-2H3. The third kappa shape index (κ3) is 3.00. The lowest BCUT2D eigenvalue weighted by atomic mass is 10.3. The van der Waals surface area contributed by atoms with Crippen molar-refractivity contribution in [1.82, 2.24) is 4.31 Å². The second-order valence-electron chi connectivity index (χ2n) is 3.67. The van der Waals surface area contributed by atoms with Crippen molar-refractivity contribution in [3.63, 3.8) is 0 Å². The molecule has 19 heavy (non-hydrogen) atoms. The molecule has 9 heteroatoms. The molecule has 0 aromatic heterocycles. The molecule has 0 spiro atoms. The van der Waals surface area contributed by atoms with E-state index in [1.54, 1.807) is 13.8 Å². The molecule has 0 radical (unpaired) electrons. The molecule has 0 fully saturated rings. The summed E-state index contributed by atoms with van der Waals surface area (Å²) in [6.07, 6.45) is 0. The number of nitrogens with one attached hydrogen (secondary N) is 1. The lowest BCUT2D eigenvalue weighted by Gasteiger charge is -2.18. The first kappa shape index (κ1) is 15.3. The first-order valence-corrected chi connectivity index (χ1v) is 7.07. The molecule has 0 atom stereocenters. The highest BCUT2D eigenvalue weighted by Crippen LogP contribution is 2.27. The van der Waals surface area contributed by atoms with Crippen molar-refractivity contribution in [3.05, 3.63) is 28.3 Å². The van der Waals surface area contributed by atoms with Crippen LogP contribution in [0, 0.1) is 10.1 Å². The van der Waals surface area contributed by atoms with E-state index >= 15 is 0 Å². The number of nitro groups is 1. The summed E-state index contributed by atoms with van der Waals surface area (Å²) < 4.78 is 25.7. The van der Waals surface area contributed by atoms with Crippen molar-refractivity contribution in [3.8, 4) is 0 Å². The molecule has 0 aliphatic rings. The van der Waals surface area contributed by atoms with Crippen LogP contribution in [0.5, 0.6) is 0 Å². The Bertz CT molecular complexity index is 569. The van der Waals surface area contributed by atoms with Crippen LogP contribution in [-0.2, 0) is 10.0 Å². The van der Waals surface area contributed by atoms with Crippen LogP contribution < -0.4 is 11.3 Å². The quantitative estimate of drug-likeness (QED) is 0.456. The molecule has 1 aromatic rings. The zero-order valence-corrected chi connectivity index (χ0v) is 11.5. The van der Waals surface area contributed by atoms with Crippen LogP contribution in [0.1, 0.15) is 13.8 Å². The summed E-state index contributed by atoms with van der Waals surface area (Å²) in [5, 5.41) is 10.7. The molecule has 106 valence electrons. The van der Waals surface area contributed by atoms with Gasteiger partial charge < -0.3 is 5.43 Å². The number of benzene rings is 1. The molecule has 0 aliphatic carbocycles. The number of anilines is 1. The van der Waals surface area contributed by atoms with Crippen LogP contribution in [0.3, 0.4) is 0 Å². The average molecular weight is 288 g/mol. The second kappa shape index (κ2) is 5.95. The summed E-state index contributed by atoms with van der Waals surface area (Å²) in [5.74, 6) is 5.18. The van der Waals surface area contributed by atoms with Crippen LogP contribution in [0.2, 0.25) is 0 Å². The predicted molar refractivity (Wildman–Crippen MR) is 71.0 cm³/mol. The van der Waals surface area contributed by atoms with E-state index in [2.05, 4.69) is 5.43 Å². The van der Waals surface area contributed by atoms with Crippen molar-refractivity contribution in [2.24, 2.45) is 5.84 Å². The van der Waals surface area contributed by atoms with Gasteiger partial charge in [-0.15, -0.1) is 0 Å². The number of nitrogen functional groups attached to an aromatic ring is 1. The highest BCUT2D eigenvalue weighted by molar-refractivity contribution is 7.89. The van der Waals surface area contributed by atoms with Crippen molar-refractivity contribution in [2.45, 2.75) is 18.7 Å². The number of nitrogens with two attached hydrogens (primary N) is 1. The van der Waals surface area contributed by atoms with Gasteiger partial charge in [0, 0.05) is 19.2 Å². The van der Waals surface area contributed by atoms with Gasteiger partial charge in [-0.1, -0.05) is 13.8 Å². The molecule has 1 aromatic carbocycles. The number of hydrogen-bond donors (Lipinski definition) is 2. The average Bonchev–Trinajstić information content (AvgIpc) is 2.38. The second-order valence-corrected chi connectivity index (χ2v) is 5.61. The maximum Gasteiger partial charge on any atom is 0.293 e. The Morgan fingerprint density at radius 3 is 2.37 bits per heavy atom. The molecule has 0 bridgehead atoms. The van der Waals surface area contributed by atoms with E-state index < -0.39 is 14.9 Å². The molecular weight excluding hydrogens is 272 g/mol. The van der Waals surface area contributed by atoms with E-state index in [0.717, 1.165) is 12.1 Å². The minimum Gasteiger partial charge on any atom is -0.318 e. The zero-order chi connectivity index (χ0) is 14.6. The summed E-state index contributed by atoms with van der Waals surface area (Å²) >= 11 is 0. The van der Waals surface area contributed by atoms with Crippen molar-refractivity contribution >= 4 is 21.4 Å². The van der Waals surface area contributed by atoms with Gasteiger partial charge in [0.2, 0.25) is 10.0 Å². The fourth-order valence-corrected chi connectivity index (χ4v) is 3.15. The highest BCUT2D eigenvalue weighted by Gasteiger charge is 2.24. The molecule has 3 N–H and O–H groups in total. The van der Waals surface area contributed by atoms with E-state index in [1.165, 1.54) is 10.4 Å². The maximum atomic E-state index is 12.2. The topological polar surface area (TPSA) is 119 Å². The summed E-state index contributed by atoms with van der Waals surface area (Å²) in [6.45, 7) is 4.07.